The van der Waals surface area contributed by atoms with Gasteiger partial charge in [-0.15, -0.1) is 0 Å². The average Bonchev–Trinajstić information content (AvgIpc) is 3.34. The summed E-state index contributed by atoms with van der Waals surface area (Å²) in [5.41, 5.74) is 1.16. The van der Waals surface area contributed by atoms with Crippen molar-refractivity contribution in [2.75, 3.05) is 13.6 Å². The van der Waals surface area contributed by atoms with Crippen molar-refractivity contribution in [3.8, 4) is 0 Å². The molecule has 118 valence electrons. The van der Waals surface area contributed by atoms with Gasteiger partial charge in [-0.2, -0.15) is 0 Å². The second kappa shape index (κ2) is 6.29. The van der Waals surface area contributed by atoms with Crippen LogP contribution in [-0.4, -0.2) is 36.3 Å². The van der Waals surface area contributed by atoms with Crippen molar-refractivity contribution in [1.82, 2.24) is 10.2 Å². The lowest BCUT2D eigenvalue weighted by Crippen LogP contribution is -2.51. The summed E-state index contributed by atoms with van der Waals surface area (Å²) in [5.74, 6) is 0.383. The number of rotatable bonds is 3. The topological polar surface area (TPSA) is 49.4 Å². The second-order valence-corrected chi connectivity index (χ2v) is 6.59. The third-order valence-corrected chi connectivity index (χ3v) is 4.99. The Morgan fingerprint density at radius 3 is 2.64 bits per heavy atom. The van der Waals surface area contributed by atoms with Crippen molar-refractivity contribution in [3.63, 3.8) is 0 Å². The highest BCUT2D eigenvalue weighted by Gasteiger charge is 2.47. The third kappa shape index (κ3) is 2.98. The van der Waals surface area contributed by atoms with Crippen molar-refractivity contribution >= 4 is 23.4 Å². The number of carbonyl (C=O) groups is 2. The Bertz CT molecular complexity index is 573. The summed E-state index contributed by atoms with van der Waals surface area (Å²) in [5, 5.41) is 3.39. The van der Waals surface area contributed by atoms with Gasteiger partial charge in [0.25, 0.3) is 0 Å². The fourth-order valence-corrected chi connectivity index (χ4v) is 3.52. The number of hydrogen-bond donors (Lipinski definition) is 1. The number of hydrogen-bond acceptors (Lipinski definition) is 2. The second-order valence-electron chi connectivity index (χ2n) is 6.16. The van der Waals surface area contributed by atoms with E-state index in [1.165, 1.54) is 0 Å². The predicted molar refractivity (Wildman–Crippen MR) is 85.7 cm³/mol. The van der Waals surface area contributed by atoms with E-state index in [-0.39, 0.29) is 29.7 Å². The van der Waals surface area contributed by atoms with Gasteiger partial charge in [0.15, 0.2) is 0 Å². The molecule has 3 atom stereocenters. The van der Waals surface area contributed by atoms with Gasteiger partial charge < -0.3 is 10.2 Å². The molecular weight excluding hydrogens is 300 g/mol. The van der Waals surface area contributed by atoms with Gasteiger partial charge in [0.05, 0.1) is 0 Å². The summed E-state index contributed by atoms with van der Waals surface area (Å²) >= 11 is 5.91. The fraction of sp³-hybridized carbons (Fsp3) is 0.529. The number of likely N-dealkylation sites (tertiary alicyclic amines) is 1. The Balaban J connectivity index is 1.69. The zero-order chi connectivity index (χ0) is 15.7. The smallest absolute Gasteiger partial charge is 0.242 e. The number of halogens is 1. The first-order valence-electron chi connectivity index (χ1n) is 7.89. The normalized spacial score (nSPS) is 27.4. The molecule has 2 aliphatic rings. The molecule has 2 fully saturated rings. The summed E-state index contributed by atoms with van der Waals surface area (Å²) < 4.78 is 0. The van der Waals surface area contributed by atoms with Gasteiger partial charge in [-0.05, 0) is 49.3 Å². The first-order valence-corrected chi connectivity index (χ1v) is 8.27. The zero-order valence-corrected chi connectivity index (χ0v) is 13.5. The van der Waals surface area contributed by atoms with E-state index in [0.29, 0.717) is 11.6 Å². The quantitative estimate of drug-likeness (QED) is 0.930. The Hall–Kier alpha value is -1.55. The van der Waals surface area contributed by atoms with Crippen LogP contribution in [0.5, 0.6) is 0 Å². The standard InChI is InChI=1S/C17H21ClN2O2/c1-19-16(21)15-4-2-3-9-20(15)17(22)14-10-13(14)11-5-7-12(18)8-6-11/h5-8,13-15H,2-4,9-10H2,1H3,(H,19,21)/t13-,14-,15-/m1/s1. The van der Waals surface area contributed by atoms with E-state index < -0.39 is 0 Å². The van der Waals surface area contributed by atoms with Crippen LogP contribution in [0.3, 0.4) is 0 Å². The van der Waals surface area contributed by atoms with Crippen LogP contribution in [0.2, 0.25) is 5.02 Å². The molecule has 0 aromatic heterocycles. The van der Waals surface area contributed by atoms with Crippen molar-refractivity contribution in [2.45, 2.75) is 37.6 Å². The van der Waals surface area contributed by atoms with E-state index >= 15 is 0 Å². The van der Waals surface area contributed by atoms with E-state index in [1.54, 1.807) is 11.9 Å². The minimum Gasteiger partial charge on any atom is -0.357 e. The minimum atomic E-state index is -0.294. The highest BCUT2D eigenvalue weighted by atomic mass is 35.5. The molecule has 1 aliphatic carbocycles. The Morgan fingerprint density at radius 1 is 1.23 bits per heavy atom. The van der Waals surface area contributed by atoms with Crippen LogP contribution < -0.4 is 5.32 Å². The Labute approximate surface area is 135 Å². The van der Waals surface area contributed by atoms with Gasteiger partial charge in [-0.25, -0.2) is 0 Å². The average molecular weight is 321 g/mol. The van der Waals surface area contributed by atoms with E-state index in [0.717, 1.165) is 31.2 Å². The monoisotopic (exact) mass is 320 g/mol. The molecule has 22 heavy (non-hydrogen) atoms. The molecule has 1 aromatic carbocycles. The minimum absolute atomic E-state index is 0.0198. The number of piperidine rings is 1. The van der Waals surface area contributed by atoms with E-state index in [9.17, 15) is 9.59 Å². The number of likely N-dealkylation sites (N-methyl/N-ethyl adjacent to an activating group) is 1. The van der Waals surface area contributed by atoms with Crippen molar-refractivity contribution < 1.29 is 9.59 Å². The van der Waals surface area contributed by atoms with Crippen LogP contribution in [0.4, 0.5) is 0 Å². The number of nitrogens with one attached hydrogen (secondary N) is 1. The summed E-state index contributed by atoms with van der Waals surface area (Å²) in [6, 6.07) is 7.42. The zero-order valence-electron chi connectivity index (χ0n) is 12.7. The van der Waals surface area contributed by atoms with Crippen molar-refractivity contribution in [3.05, 3.63) is 34.9 Å². The molecule has 2 amide bonds. The first kappa shape index (κ1) is 15.3. The highest BCUT2D eigenvalue weighted by molar-refractivity contribution is 6.30. The molecule has 1 aliphatic heterocycles. The Kier molecular flexibility index (Phi) is 4.39. The van der Waals surface area contributed by atoms with Crippen molar-refractivity contribution in [2.24, 2.45) is 5.92 Å². The molecule has 0 unspecified atom stereocenters. The lowest BCUT2D eigenvalue weighted by atomic mass is 10.00. The van der Waals surface area contributed by atoms with Crippen LogP contribution in [0, 0.1) is 5.92 Å². The number of benzene rings is 1. The van der Waals surface area contributed by atoms with Gasteiger partial charge >= 0.3 is 0 Å². The fourth-order valence-electron chi connectivity index (χ4n) is 3.39. The summed E-state index contributed by atoms with van der Waals surface area (Å²) in [4.78, 5) is 26.6. The molecule has 3 rings (SSSR count). The Morgan fingerprint density at radius 2 is 1.95 bits per heavy atom. The predicted octanol–water partition coefficient (Wildman–Crippen LogP) is 2.57. The molecular formula is C17H21ClN2O2. The van der Waals surface area contributed by atoms with Crippen LogP contribution in [0.15, 0.2) is 24.3 Å². The van der Waals surface area contributed by atoms with E-state index in [2.05, 4.69) is 5.32 Å². The lowest BCUT2D eigenvalue weighted by Gasteiger charge is -2.34. The summed E-state index contributed by atoms with van der Waals surface area (Å²) in [7, 11) is 1.63. The molecule has 1 aromatic rings. The van der Waals surface area contributed by atoms with Crippen molar-refractivity contribution in [1.29, 1.82) is 0 Å². The van der Waals surface area contributed by atoms with Gasteiger partial charge in [-0.1, -0.05) is 23.7 Å². The molecule has 1 saturated heterocycles. The van der Waals surface area contributed by atoms with Crippen LogP contribution >= 0.6 is 11.6 Å². The SMILES string of the molecule is CNC(=O)[C@H]1CCCCN1C(=O)[C@@H]1C[C@@H]1c1ccc(Cl)cc1. The molecule has 5 heteroatoms. The van der Waals surface area contributed by atoms with Gasteiger partial charge in [0, 0.05) is 24.5 Å². The third-order valence-electron chi connectivity index (χ3n) is 4.74. The molecule has 1 saturated carbocycles. The van der Waals surface area contributed by atoms with Crippen LogP contribution in [0.1, 0.15) is 37.2 Å². The molecule has 1 N–H and O–H groups in total. The maximum atomic E-state index is 12.8. The largest absolute Gasteiger partial charge is 0.357 e. The molecule has 0 bridgehead atoms. The highest BCUT2D eigenvalue weighted by Crippen LogP contribution is 2.49. The number of amides is 2. The summed E-state index contributed by atoms with van der Waals surface area (Å²) in [6.07, 6.45) is 3.63. The van der Waals surface area contributed by atoms with E-state index in [4.69, 9.17) is 11.6 Å². The summed E-state index contributed by atoms with van der Waals surface area (Å²) in [6.45, 7) is 0.695. The molecule has 0 spiro atoms. The van der Waals surface area contributed by atoms with Crippen LogP contribution in [-0.2, 0) is 9.59 Å². The van der Waals surface area contributed by atoms with Gasteiger partial charge in [-0.3, -0.25) is 9.59 Å². The number of nitrogens with zero attached hydrogens (tertiary/aromatic N) is 1. The maximum absolute atomic E-state index is 12.8. The molecule has 1 heterocycles. The molecule has 0 radical (unpaired) electrons. The first-order chi connectivity index (χ1) is 10.6. The number of carbonyl (C=O) groups excluding carboxylic acids is 2. The van der Waals surface area contributed by atoms with E-state index in [1.807, 2.05) is 24.3 Å². The van der Waals surface area contributed by atoms with Crippen LogP contribution in [0.25, 0.3) is 0 Å². The lowest BCUT2D eigenvalue weighted by molar-refractivity contribution is -0.143. The van der Waals surface area contributed by atoms with Gasteiger partial charge in [0.2, 0.25) is 11.8 Å². The van der Waals surface area contributed by atoms with Gasteiger partial charge in [0.1, 0.15) is 6.04 Å². The molecule has 4 nitrogen and oxygen atoms in total. The maximum Gasteiger partial charge on any atom is 0.242 e.